The fourth-order valence-electron chi connectivity index (χ4n) is 1.69. The summed E-state index contributed by atoms with van der Waals surface area (Å²) in [6.07, 6.45) is -1.00. The van der Waals surface area contributed by atoms with E-state index in [9.17, 15) is 0 Å². The first-order chi connectivity index (χ1) is 8.01. The minimum Gasteiger partial charge on any atom is -0.349 e. The van der Waals surface area contributed by atoms with Gasteiger partial charge < -0.3 is 43.9 Å². The van der Waals surface area contributed by atoms with Crippen molar-refractivity contribution in [2.45, 2.75) is 36.6 Å². The molecule has 1 saturated heterocycles. The third-order valence-corrected chi connectivity index (χ3v) is 2.95. The van der Waals surface area contributed by atoms with E-state index in [4.69, 9.17) is 43.9 Å². The molecule has 0 spiro atoms. The quantitative estimate of drug-likeness (QED) is 0.285. The molecule has 1 rings (SSSR count). The summed E-state index contributed by atoms with van der Waals surface area (Å²) in [4.78, 5) is 0. The van der Waals surface area contributed by atoms with Gasteiger partial charge in [0.1, 0.15) is 0 Å². The lowest BCUT2D eigenvalue weighted by Gasteiger charge is -2.42. The van der Waals surface area contributed by atoms with Gasteiger partial charge in [-0.1, -0.05) is 0 Å². The number of ether oxygens (including phenoxy) is 2. The van der Waals surface area contributed by atoms with E-state index in [2.05, 4.69) is 0 Å². The van der Waals surface area contributed by atoms with E-state index < -0.39 is 24.4 Å². The Morgan fingerprint density at radius 2 is 1.71 bits per heavy atom. The average molecular weight is 248 g/mol. The molecule has 0 aromatic rings. The molecule has 12 N–H and O–H groups in total. The molecule has 8 nitrogen and oxygen atoms in total. The van der Waals surface area contributed by atoms with E-state index in [0.717, 1.165) is 0 Å². The molecular formula is C9H24N6O2. The molecule has 0 aromatic carbocycles. The van der Waals surface area contributed by atoms with Gasteiger partial charge in [-0.15, -0.1) is 0 Å². The molecule has 1 heterocycles. The van der Waals surface area contributed by atoms with Crippen molar-refractivity contribution in [3.63, 3.8) is 0 Å². The minimum atomic E-state index is -0.643. The lowest BCUT2D eigenvalue weighted by atomic mass is 9.94. The first kappa shape index (κ1) is 14.7. The maximum atomic E-state index is 5.90. The van der Waals surface area contributed by atoms with E-state index >= 15 is 0 Å². The summed E-state index contributed by atoms with van der Waals surface area (Å²) in [7, 11) is 0. The maximum absolute atomic E-state index is 5.90. The van der Waals surface area contributed by atoms with Crippen LogP contribution in [0.1, 0.15) is 0 Å². The van der Waals surface area contributed by atoms with Crippen molar-refractivity contribution < 1.29 is 9.47 Å². The van der Waals surface area contributed by atoms with Crippen LogP contribution in [0.2, 0.25) is 0 Å². The Labute approximate surface area is 101 Å². The van der Waals surface area contributed by atoms with Crippen molar-refractivity contribution in [1.29, 1.82) is 0 Å². The van der Waals surface area contributed by atoms with Crippen LogP contribution in [0, 0.1) is 0 Å². The molecule has 6 atom stereocenters. The van der Waals surface area contributed by atoms with E-state index in [0.29, 0.717) is 6.54 Å². The molecule has 8 heteroatoms. The molecule has 17 heavy (non-hydrogen) atoms. The number of nitrogens with two attached hydrogens (primary N) is 6. The summed E-state index contributed by atoms with van der Waals surface area (Å²) in [5, 5.41) is 0. The molecule has 0 aromatic heterocycles. The smallest absolute Gasteiger partial charge is 0.174 e. The van der Waals surface area contributed by atoms with Crippen LogP contribution < -0.4 is 34.4 Å². The van der Waals surface area contributed by atoms with Crippen molar-refractivity contribution in [3.8, 4) is 0 Å². The minimum absolute atomic E-state index is 0.256. The van der Waals surface area contributed by atoms with Gasteiger partial charge in [-0.05, 0) is 0 Å². The van der Waals surface area contributed by atoms with Crippen LogP contribution >= 0.6 is 0 Å². The molecule has 2 unspecified atom stereocenters. The van der Waals surface area contributed by atoms with Crippen LogP contribution in [0.4, 0.5) is 0 Å². The highest BCUT2D eigenvalue weighted by Crippen LogP contribution is 2.17. The Morgan fingerprint density at radius 1 is 1.06 bits per heavy atom. The highest BCUT2D eigenvalue weighted by molar-refractivity contribution is 4.97. The second-order valence-electron chi connectivity index (χ2n) is 4.34. The summed E-state index contributed by atoms with van der Waals surface area (Å²) in [6.45, 7) is 0.854. The van der Waals surface area contributed by atoms with Gasteiger partial charge in [0.05, 0.1) is 18.8 Å². The average Bonchev–Trinajstić information content (AvgIpc) is 2.34. The van der Waals surface area contributed by atoms with Crippen LogP contribution in [0.15, 0.2) is 0 Å². The van der Waals surface area contributed by atoms with Crippen molar-refractivity contribution in [2.24, 2.45) is 34.4 Å². The van der Waals surface area contributed by atoms with E-state index in [1.165, 1.54) is 0 Å². The maximum Gasteiger partial charge on any atom is 0.174 e. The van der Waals surface area contributed by atoms with Crippen LogP contribution in [0.3, 0.4) is 0 Å². The van der Waals surface area contributed by atoms with Gasteiger partial charge in [-0.25, -0.2) is 0 Å². The first-order valence-corrected chi connectivity index (χ1v) is 5.70. The summed E-state index contributed by atoms with van der Waals surface area (Å²) in [6, 6.07) is -1.57. The molecule has 102 valence electrons. The third kappa shape index (κ3) is 3.57. The predicted molar refractivity (Wildman–Crippen MR) is 64.6 cm³/mol. The Balaban J connectivity index is 2.53. The lowest BCUT2D eigenvalue weighted by Crippen LogP contribution is -2.69. The third-order valence-electron chi connectivity index (χ3n) is 2.95. The van der Waals surface area contributed by atoms with Crippen LogP contribution in [-0.4, -0.2) is 56.3 Å². The summed E-state index contributed by atoms with van der Waals surface area (Å²) < 4.78 is 11.0. The van der Waals surface area contributed by atoms with Crippen LogP contribution in [0.5, 0.6) is 0 Å². The number of rotatable bonds is 5. The van der Waals surface area contributed by atoms with Crippen molar-refractivity contribution in [1.82, 2.24) is 0 Å². The zero-order valence-electron chi connectivity index (χ0n) is 9.87. The monoisotopic (exact) mass is 248 g/mol. The summed E-state index contributed by atoms with van der Waals surface area (Å²) in [5.74, 6) is 0. The van der Waals surface area contributed by atoms with E-state index in [-0.39, 0.29) is 25.3 Å². The zero-order chi connectivity index (χ0) is 13.0. The van der Waals surface area contributed by atoms with Gasteiger partial charge >= 0.3 is 0 Å². The van der Waals surface area contributed by atoms with Crippen molar-refractivity contribution in [3.05, 3.63) is 0 Å². The molecule has 0 amide bonds. The SMILES string of the molecule is NCC(N)COC1O[C@H](CN)[C@@H](N)[C@H](N)[C@H]1N. The van der Waals surface area contributed by atoms with Gasteiger partial charge in [0.25, 0.3) is 0 Å². The predicted octanol–water partition coefficient (Wildman–Crippen LogP) is -4.05. The normalized spacial score (nSPS) is 40.2. The molecular weight excluding hydrogens is 224 g/mol. The molecule has 1 aliphatic heterocycles. The summed E-state index contributed by atoms with van der Waals surface area (Å²) >= 11 is 0. The van der Waals surface area contributed by atoms with Gasteiger partial charge in [0, 0.05) is 31.2 Å². The Kier molecular flexibility index (Phi) is 5.70. The van der Waals surface area contributed by atoms with Gasteiger partial charge in [0.2, 0.25) is 0 Å². The molecule has 1 fully saturated rings. The topological polar surface area (TPSA) is 175 Å². The van der Waals surface area contributed by atoms with Crippen molar-refractivity contribution >= 4 is 0 Å². The standard InChI is InChI=1S/C9H24N6O2/c10-1-4(12)3-16-9-8(15)7(14)6(13)5(2-11)17-9/h4-9H,1-3,10-15H2/t4?,5-,6-,7+,8-,9?/m1/s1. The second-order valence-corrected chi connectivity index (χ2v) is 4.34. The van der Waals surface area contributed by atoms with Crippen molar-refractivity contribution in [2.75, 3.05) is 19.7 Å². The fourth-order valence-corrected chi connectivity index (χ4v) is 1.69. The highest BCUT2D eigenvalue weighted by atomic mass is 16.7. The molecule has 0 radical (unpaired) electrons. The largest absolute Gasteiger partial charge is 0.349 e. The highest BCUT2D eigenvalue weighted by Gasteiger charge is 2.40. The fraction of sp³-hybridized carbons (Fsp3) is 1.00. The van der Waals surface area contributed by atoms with Gasteiger partial charge in [-0.3, -0.25) is 0 Å². The Hall–Kier alpha value is -0.320. The van der Waals surface area contributed by atoms with Gasteiger partial charge in [0.15, 0.2) is 6.29 Å². The van der Waals surface area contributed by atoms with Crippen LogP contribution in [-0.2, 0) is 9.47 Å². The number of hydrogen-bond donors (Lipinski definition) is 6. The van der Waals surface area contributed by atoms with Gasteiger partial charge in [-0.2, -0.15) is 0 Å². The molecule has 0 aliphatic carbocycles. The molecule has 0 saturated carbocycles. The summed E-state index contributed by atoms with van der Waals surface area (Å²) in [5.41, 5.74) is 34.2. The second kappa shape index (κ2) is 6.57. The Bertz CT molecular complexity index is 230. The van der Waals surface area contributed by atoms with Crippen LogP contribution in [0.25, 0.3) is 0 Å². The Morgan fingerprint density at radius 3 is 2.24 bits per heavy atom. The zero-order valence-corrected chi connectivity index (χ0v) is 9.87. The molecule has 1 aliphatic rings. The molecule has 0 bridgehead atoms. The van der Waals surface area contributed by atoms with E-state index in [1.807, 2.05) is 0 Å². The number of hydrogen-bond acceptors (Lipinski definition) is 8. The lowest BCUT2D eigenvalue weighted by molar-refractivity contribution is -0.210. The van der Waals surface area contributed by atoms with E-state index in [1.54, 1.807) is 0 Å². The first-order valence-electron chi connectivity index (χ1n) is 5.70.